The van der Waals surface area contributed by atoms with E-state index in [0.29, 0.717) is 17.4 Å². The Bertz CT molecular complexity index is 1190. The molecule has 0 saturated heterocycles. The number of benzene rings is 3. The molecule has 0 aromatic heterocycles. The Morgan fingerprint density at radius 1 is 0.909 bits per heavy atom. The normalized spacial score (nSPS) is 12.4. The largest absolute Gasteiger partial charge is 0.348 e. The van der Waals surface area contributed by atoms with Crippen LogP contribution in [0.25, 0.3) is 0 Å². The molecule has 1 unspecified atom stereocenters. The molecule has 5 nitrogen and oxygen atoms in total. The van der Waals surface area contributed by atoms with Gasteiger partial charge in [0.2, 0.25) is 5.91 Å². The first kappa shape index (κ1) is 25.1. The monoisotopic (exact) mass is 504 g/mol. The topological polar surface area (TPSA) is 66.5 Å². The molecule has 3 rings (SSSR count). The second-order valence-electron chi connectivity index (χ2n) is 8.08. The van der Waals surface area contributed by atoms with Crippen LogP contribution in [0.3, 0.4) is 0 Å². The van der Waals surface area contributed by atoms with E-state index in [4.69, 9.17) is 23.2 Å². The lowest BCUT2D eigenvalue weighted by Crippen LogP contribution is -2.42. The van der Waals surface area contributed by atoms with Crippen LogP contribution in [0.15, 0.2) is 83.8 Å². The zero-order valence-corrected chi connectivity index (χ0v) is 20.7. The molecule has 0 aliphatic carbocycles. The van der Waals surface area contributed by atoms with Gasteiger partial charge < -0.3 is 5.32 Å². The van der Waals surface area contributed by atoms with Crippen LogP contribution in [0.1, 0.15) is 31.9 Å². The Balaban J connectivity index is 1.94. The van der Waals surface area contributed by atoms with E-state index in [9.17, 15) is 13.2 Å². The number of rotatable bonds is 9. The number of nitrogens with one attached hydrogen (secondary N) is 1. The van der Waals surface area contributed by atoms with Crippen molar-refractivity contribution in [2.24, 2.45) is 5.92 Å². The third-order valence-electron chi connectivity index (χ3n) is 5.05. The molecule has 0 spiro atoms. The third-order valence-corrected chi connectivity index (χ3v) is 7.58. The first-order valence-electron chi connectivity index (χ1n) is 10.6. The molecule has 1 N–H and O–H groups in total. The number of sulfonamides is 1. The maximum Gasteiger partial charge on any atom is 0.264 e. The van der Waals surface area contributed by atoms with Gasteiger partial charge in [-0.3, -0.25) is 9.10 Å². The van der Waals surface area contributed by atoms with Crippen molar-refractivity contribution in [2.75, 3.05) is 10.8 Å². The third kappa shape index (κ3) is 6.50. The summed E-state index contributed by atoms with van der Waals surface area (Å²) in [6.45, 7) is 3.74. The van der Waals surface area contributed by atoms with Crippen LogP contribution in [0.4, 0.5) is 5.69 Å². The van der Waals surface area contributed by atoms with Crippen LogP contribution in [0, 0.1) is 5.92 Å². The van der Waals surface area contributed by atoms with Crippen molar-refractivity contribution in [1.82, 2.24) is 5.32 Å². The number of carbonyl (C=O) groups excluding carboxylic acids is 1. The highest BCUT2D eigenvalue weighted by Gasteiger charge is 2.28. The minimum Gasteiger partial charge on any atom is -0.348 e. The van der Waals surface area contributed by atoms with Crippen molar-refractivity contribution >= 4 is 44.8 Å². The SMILES string of the molecule is CC(C)CC(NC(=O)CN(c1ccc(Cl)c(Cl)c1)S(=O)(=O)c1ccccc1)c1ccccc1. The van der Waals surface area contributed by atoms with Gasteiger partial charge in [-0.2, -0.15) is 0 Å². The highest BCUT2D eigenvalue weighted by atomic mass is 35.5. The number of halogens is 2. The second kappa shape index (κ2) is 11.1. The fourth-order valence-electron chi connectivity index (χ4n) is 3.48. The molecule has 0 fully saturated rings. The maximum atomic E-state index is 13.5. The molecule has 0 radical (unpaired) electrons. The van der Waals surface area contributed by atoms with Gasteiger partial charge in [0.1, 0.15) is 6.54 Å². The predicted molar refractivity (Wildman–Crippen MR) is 134 cm³/mol. The minimum atomic E-state index is -4.03. The molecule has 33 heavy (non-hydrogen) atoms. The molecule has 3 aromatic carbocycles. The highest BCUT2D eigenvalue weighted by molar-refractivity contribution is 7.92. The van der Waals surface area contributed by atoms with E-state index < -0.39 is 22.5 Å². The maximum absolute atomic E-state index is 13.5. The Labute approximate surface area is 205 Å². The summed E-state index contributed by atoms with van der Waals surface area (Å²) in [7, 11) is -4.03. The van der Waals surface area contributed by atoms with Crippen LogP contribution in [-0.2, 0) is 14.8 Å². The summed E-state index contributed by atoms with van der Waals surface area (Å²) in [4.78, 5) is 13.2. The molecule has 0 saturated carbocycles. The summed E-state index contributed by atoms with van der Waals surface area (Å²) >= 11 is 12.2. The van der Waals surface area contributed by atoms with E-state index in [2.05, 4.69) is 19.2 Å². The molecule has 1 atom stereocenters. The quantitative estimate of drug-likeness (QED) is 0.383. The zero-order chi connectivity index (χ0) is 24.0. The van der Waals surface area contributed by atoms with Gasteiger partial charge in [-0.25, -0.2) is 8.42 Å². The van der Waals surface area contributed by atoms with E-state index in [1.165, 1.54) is 30.3 Å². The molecular formula is C25H26Cl2N2O3S. The van der Waals surface area contributed by atoms with Crippen molar-refractivity contribution in [2.45, 2.75) is 31.2 Å². The summed E-state index contributed by atoms with van der Waals surface area (Å²) in [5.41, 5.74) is 1.22. The zero-order valence-electron chi connectivity index (χ0n) is 18.4. The van der Waals surface area contributed by atoms with Gasteiger partial charge in [-0.05, 0) is 48.2 Å². The average Bonchev–Trinajstić information content (AvgIpc) is 2.80. The van der Waals surface area contributed by atoms with Gasteiger partial charge in [0, 0.05) is 0 Å². The highest BCUT2D eigenvalue weighted by Crippen LogP contribution is 2.30. The van der Waals surface area contributed by atoms with E-state index in [0.717, 1.165) is 9.87 Å². The molecule has 0 heterocycles. The van der Waals surface area contributed by atoms with Gasteiger partial charge in [0.25, 0.3) is 10.0 Å². The molecule has 3 aromatic rings. The van der Waals surface area contributed by atoms with Crippen LogP contribution >= 0.6 is 23.2 Å². The lowest BCUT2D eigenvalue weighted by atomic mass is 9.97. The number of hydrogen-bond donors (Lipinski definition) is 1. The fraction of sp³-hybridized carbons (Fsp3) is 0.240. The Hall–Kier alpha value is -2.54. The molecular weight excluding hydrogens is 479 g/mol. The van der Waals surface area contributed by atoms with Crippen molar-refractivity contribution in [3.63, 3.8) is 0 Å². The van der Waals surface area contributed by atoms with Crippen molar-refractivity contribution in [3.05, 3.63) is 94.5 Å². The van der Waals surface area contributed by atoms with Gasteiger partial charge in [-0.1, -0.05) is 85.6 Å². The van der Waals surface area contributed by atoms with Crippen LogP contribution in [-0.4, -0.2) is 20.9 Å². The lowest BCUT2D eigenvalue weighted by molar-refractivity contribution is -0.120. The number of carbonyl (C=O) groups is 1. The van der Waals surface area contributed by atoms with Gasteiger partial charge >= 0.3 is 0 Å². The standard InChI is InChI=1S/C25H26Cl2N2O3S/c1-18(2)15-24(19-9-5-3-6-10-19)28-25(30)17-29(20-13-14-22(26)23(27)16-20)33(31,32)21-11-7-4-8-12-21/h3-14,16,18,24H,15,17H2,1-2H3,(H,28,30). The summed E-state index contributed by atoms with van der Waals surface area (Å²) in [5, 5.41) is 3.50. The fourth-order valence-corrected chi connectivity index (χ4v) is 5.21. The molecule has 0 aliphatic rings. The Morgan fingerprint density at radius 2 is 1.52 bits per heavy atom. The van der Waals surface area contributed by atoms with Gasteiger partial charge in [0.15, 0.2) is 0 Å². The van der Waals surface area contributed by atoms with Crippen LogP contribution in [0.2, 0.25) is 10.0 Å². The molecule has 1 amide bonds. The summed E-state index contributed by atoms with van der Waals surface area (Å²) in [6, 6.07) is 21.9. The second-order valence-corrected chi connectivity index (χ2v) is 10.8. The van der Waals surface area contributed by atoms with Gasteiger partial charge in [0.05, 0.1) is 26.7 Å². The van der Waals surface area contributed by atoms with E-state index in [1.54, 1.807) is 18.2 Å². The van der Waals surface area contributed by atoms with Gasteiger partial charge in [-0.15, -0.1) is 0 Å². The molecule has 174 valence electrons. The molecule has 0 bridgehead atoms. The van der Waals surface area contributed by atoms with Crippen LogP contribution < -0.4 is 9.62 Å². The van der Waals surface area contributed by atoms with Crippen molar-refractivity contribution in [3.8, 4) is 0 Å². The average molecular weight is 505 g/mol. The smallest absolute Gasteiger partial charge is 0.264 e. The Morgan fingerprint density at radius 3 is 2.09 bits per heavy atom. The number of amides is 1. The van der Waals surface area contributed by atoms with Crippen LogP contribution in [0.5, 0.6) is 0 Å². The summed E-state index contributed by atoms with van der Waals surface area (Å²) < 4.78 is 28.0. The number of hydrogen-bond acceptors (Lipinski definition) is 3. The molecule has 0 aliphatic heterocycles. The number of nitrogens with zero attached hydrogens (tertiary/aromatic N) is 1. The Kier molecular flexibility index (Phi) is 8.40. The first-order valence-corrected chi connectivity index (χ1v) is 12.7. The lowest BCUT2D eigenvalue weighted by Gasteiger charge is -2.27. The van der Waals surface area contributed by atoms with Crippen molar-refractivity contribution in [1.29, 1.82) is 0 Å². The predicted octanol–water partition coefficient (Wildman–Crippen LogP) is 6.09. The summed E-state index contributed by atoms with van der Waals surface area (Å²) in [6.07, 6.45) is 0.716. The number of anilines is 1. The summed E-state index contributed by atoms with van der Waals surface area (Å²) in [5.74, 6) is -0.0928. The van der Waals surface area contributed by atoms with E-state index >= 15 is 0 Å². The van der Waals surface area contributed by atoms with E-state index in [-0.39, 0.29) is 21.6 Å². The van der Waals surface area contributed by atoms with Crippen molar-refractivity contribution < 1.29 is 13.2 Å². The minimum absolute atomic E-state index is 0.0747. The first-order chi connectivity index (χ1) is 15.7. The molecule has 8 heteroatoms. The van der Waals surface area contributed by atoms with E-state index in [1.807, 2.05) is 30.3 Å².